The third-order valence-electron chi connectivity index (χ3n) is 2.26. The molecular formula is C15H19N3O3. The van der Waals surface area contributed by atoms with Gasteiger partial charge in [0.15, 0.2) is 5.70 Å². The standard InChI is InChI=1S/C15H19N3O3/c1-15(2,3)9-8-10-4-6-11(7-5-10)21-13(18-17)12(16)14(19)20/h4-7,18H,16-17H2,1-3H3,(H,19,20)/b13-12+. The molecule has 1 aromatic carbocycles. The molecule has 0 aromatic heterocycles. The fraction of sp³-hybridized carbons (Fsp3) is 0.267. The second-order valence-electron chi connectivity index (χ2n) is 5.32. The highest BCUT2D eigenvalue weighted by Crippen LogP contribution is 2.15. The van der Waals surface area contributed by atoms with Crippen molar-refractivity contribution in [2.45, 2.75) is 20.8 Å². The highest BCUT2D eigenvalue weighted by atomic mass is 16.5. The molecule has 112 valence electrons. The van der Waals surface area contributed by atoms with Gasteiger partial charge in [-0.05, 0) is 45.0 Å². The van der Waals surface area contributed by atoms with E-state index in [4.69, 9.17) is 21.4 Å². The number of rotatable bonds is 4. The van der Waals surface area contributed by atoms with Crippen LogP contribution in [-0.2, 0) is 4.79 Å². The van der Waals surface area contributed by atoms with Crippen LogP contribution in [0.4, 0.5) is 0 Å². The quantitative estimate of drug-likeness (QED) is 0.217. The largest absolute Gasteiger partial charge is 0.476 e. The van der Waals surface area contributed by atoms with Crippen LogP contribution in [0.1, 0.15) is 26.3 Å². The smallest absolute Gasteiger partial charge is 0.357 e. The highest BCUT2D eigenvalue weighted by Gasteiger charge is 2.12. The van der Waals surface area contributed by atoms with Gasteiger partial charge in [-0.3, -0.25) is 5.43 Å². The molecule has 0 aliphatic heterocycles. The zero-order valence-corrected chi connectivity index (χ0v) is 12.2. The molecule has 0 spiro atoms. The maximum atomic E-state index is 10.7. The number of ether oxygens (including phenoxy) is 1. The van der Waals surface area contributed by atoms with E-state index in [1.54, 1.807) is 24.3 Å². The molecule has 6 heteroatoms. The van der Waals surface area contributed by atoms with Gasteiger partial charge in [0.05, 0.1) is 0 Å². The summed E-state index contributed by atoms with van der Waals surface area (Å²) < 4.78 is 5.28. The Balaban J connectivity index is 2.90. The second-order valence-corrected chi connectivity index (χ2v) is 5.32. The van der Waals surface area contributed by atoms with Gasteiger partial charge in [0.2, 0.25) is 5.88 Å². The Kier molecular flexibility index (Phi) is 5.22. The minimum Gasteiger partial charge on any atom is -0.476 e. The summed E-state index contributed by atoms with van der Waals surface area (Å²) >= 11 is 0. The van der Waals surface area contributed by atoms with Gasteiger partial charge in [0.1, 0.15) is 5.75 Å². The van der Waals surface area contributed by atoms with Gasteiger partial charge in [-0.15, -0.1) is 0 Å². The van der Waals surface area contributed by atoms with Gasteiger partial charge < -0.3 is 15.6 Å². The van der Waals surface area contributed by atoms with E-state index in [0.717, 1.165) is 5.56 Å². The topological polar surface area (TPSA) is 111 Å². The number of carbonyl (C=O) groups is 1. The van der Waals surface area contributed by atoms with Gasteiger partial charge in [0.25, 0.3) is 0 Å². The van der Waals surface area contributed by atoms with E-state index in [-0.39, 0.29) is 11.3 Å². The molecule has 0 saturated heterocycles. The van der Waals surface area contributed by atoms with Crippen molar-refractivity contribution in [1.29, 1.82) is 0 Å². The zero-order chi connectivity index (χ0) is 16.0. The van der Waals surface area contributed by atoms with Crippen LogP contribution in [0.25, 0.3) is 0 Å². The fourth-order valence-corrected chi connectivity index (χ4v) is 1.24. The molecule has 0 saturated carbocycles. The van der Waals surface area contributed by atoms with Crippen molar-refractivity contribution in [1.82, 2.24) is 5.43 Å². The van der Waals surface area contributed by atoms with Crippen LogP contribution in [0.2, 0.25) is 0 Å². The lowest BCUT2D eigenvalue weighted by molar-refractivity contribution is -0.132. The number of nitrogens with two attached hydrogens (primary N) is 2. The molecule has 0 atom stereocenters. The van der Waals surface area contributed by atoms with Crippen molar-refractivity contribution < 1.29 is 14.6 Å². The molecule has 0 radical (unpaired) electrons. The number of benzene rings is 1. The van der Waals surface area contributed by atoms with Crippen LogP contribution >= 0.6 is 0 Å². The Morgan fingerprint density at radius 1 is 1.29 bits per heavy atom. The Morgan fingerprint density at radius 2 is 1.86 bits per heavy atom. The maximum absolute atomic E-state index is 10.7. The molecule has 0 aliphatic rings. The van der Waals surface area contributed by atoms with Crippen molar-refractivity contribution in [2.75, 3.05) is 0 Å². The van der Waals surface area contributed by atoms with Crippen molar-refractivity contribution >= 4 is 5.97 Å². The normalized spacial score (nSPS) is 11.8. The lowest BCUT2D eigenvalue weighted by atomic mass is 9.97. The third-order valence-corrected chi connectivity index (χ3v) is 2.26. The van der Waals surface area contributed by atoms with Crippen molar-refractivity contribution in [3.05, 3.63) is 41.4 Å². The third kappa shape index (κ3) is 5.47. The lowest BCUT2D eigenvalue weighted by Crippen LogP contribution is -2.31. The number of hydrogen-bond acceptors (Lipinski definition) is 5. The van der Waals surface area contributed by atoms with Gasteiger partial charge in [-0.25, -0.2) is 10.6 Å². The molecule has 0 fully saturated rings. The van der Waals surface area contributed by atoms with E-state index in [1.165, 1.54) is 0 Å². The number of hydrogen-bond donors (Lipinski definition) is 4. The summed E-state index contributed by atoms with van der Waals surface area (Å²) in [5.41, 5.74) is 7.69. The first-order valence-electron chi connectivity index (χ1n) is 6.23. The molecular weight excluding hydrogens is 270 g/mol. The van der Waals surface area contributed by atoms with Gasteiger partial charge in [0, 0.05) is 11.0 Å². The number of nitrogens with one attached hydrogen (secondary N) is 1. The lowest BCUT2D eigenvalue weighted by Gasteiger charge is -2.10. The zero-order valence-electron chi connectivity index (χ0n) is 12.2. The summed E-state index contributed by atoms with van der Waals surface area (Å²) in [5, 5.41) is 8.78. The maximum Gasteiger partial charge on any atom is 0.357 e. The Bertz CT molecular complexity index is 602. The molecule has 1 rings (SSSR count). The average Bonchev–Trinajstić information content (AvgIpc) is 2.42. The van der Waals surface area contributed by atoms with Crippen LogP contribution in [-0.4, -0.2) is 11.1 Å². The van der Waals surface area contributed by atoms with Crippen LogP contribution < -0.4 is 21.7 Å². The Hall–Kier alpha value is -2.65. The number of aliphatic carboxylic acids is 1. The molecule has 0 bridgehead atoms. The summed E-state index contributed by atoms with van der Waals surface area (Å²) in [6, 6.07) is 6.83. The summed E-state index contributed by atoms with van der Waals surface area (Å²) in [6.45, 7) is 6.07. The van der Waals surface area contributed by atoms with E-state index < -0.39 is 11.7 Å². The highest BCUT2D eigenvalue weighted by molar-refractivity contribution is 5.85. The minimum absolute atomic E-state index is 0.0789. The van der Waals surface area contributed by atoms with Crippen LogP contribution in [0.5, 0.6) is 5.75 Å². The van der Waals surface area contributed by atoms with Gasteiger partial charge in [-0.2, -0.15) is 0 Å². The molecule has 0 heterocycles. The molecule has 1 aromatic rings. The number of hydrazine groups is 1. The summed E-state index contributed by atoms with van der Waals surface area (Å²) in [5.74, 6) is 10.2. The number of carboxylic acids is 1. The molecule has 6 N–H and O–H groups in total. The molecule has 0 aliphatic carbocycles. The number of carboxylic acid groups (broad SMARTS) is 1. The van der Waals surface area contributed by atoms with E-state index in [1.807, 2.05) is 20.8 Å². The molecule has 0 unspecified atom stereocenters. The van der Waals surface area contributed by atoms with E-state index in [2.05, 4.69) is 17.3 Å². The van der Waals surface area contributed by atoms with Crippen molar-refractivity contribution in [2.24, 2.45) is 17.0 Å². The first-order chi connectivity index (χ1) is 9.73. The van der Waals surface area contributed by atoms with Crippen LogP contribution in [0.15, 0.2) is 35.8 Å². The molecule has 21 heavy (non-hydrogen) atoms. The van der Waals surface area contributed by atoms with Crippen molar-refractivity contribution in [3.63, 3.8) is 0 Å². The summed E-state index contributed by atoms with van der Waals surface area (Å²) in [7, 11) is 0. The summed E-state index contributed by atoms with van der Waals surface area (Å²) in [6.07, 6.45) is 0. The minimum atomic E-state index is -1.32. The predicted molar refractivity (Wildman–Crippen MR) is 79.6 cm³/mol. The second kappa shape index (κ2) is 6.68. The Labute approximate surface area is 123 Å². The summed E-state index contributed by atoms with van der Waals surface area (Å²) in [4.78, 5) is 10.7. The Morgan fingerprint density at radius 3 is 2.29 bits per heavy atom. The SMILES string of the molecule is CC(C)(C)C#Cc1ccc(O/C(NN)=C(/N)C(=O)O)cc1. The predicted octanol–water partition coefficient (Wildman–Crippen LogP) is 1.14. The average molecular weight is 289 g/mol. The van der Waals surface area contributed by atoms with Crippen LogP contribution in [0.3, 0.4) is 0 Å². The molecule has 0 amide bonds. The van der Waals surface area contributed by atoms with Crippen LogP contribution in [0, 0.1) is 17.3 Å². The van der Waals surface area contributed by atoms with Crippen molar-refractivity contribution in [3.8, 4) is 17.6 Å². The monoisotopic (exact) mass is 289 g/mol. The first kappa shape index (κ1) is 16.4. The first-order valence-corrected chi connectivity index (χ1v) is 6.23. The van der Waals surface area contributed by atoms with E-state index in [0.29, 0.717) is 5.75 Å². The fourth-order valence-electron chi connectivity index (χ4n) is 1.24. The van der Waals surface area contributed by atoms with E-state index >= 15 is 0 Å². The van der Waals surface area contributed by atoms with E-state index in [9.17, 15) is 4.79 Å². The van der Waals surface area contributed by atoms with Gasteiger partial charge in [-0.1, -0.05) is 11.8 Å². The van der Waals surface area contributed by atoms with Gasteiger partial charge >= 0.3 is 5.97 Å². The molecule has 6 nitrogen and oxygen atoms in total.